The third-order valence-corrected chi connectivity index (χ3v) is 6.74. The van der Waals surface area contributed by atoms with E-state index in [1.165, 1.54) is 11.3 Å². The molecule has 5 nitrogen and oxygen atoms in total. The molecule has 1 aliphatic rings. The molecule has 1 saturated heterocycles. The first kappa shape index (κ1) is 20.8. The highest BCUT2D eigenvalue weighted by molar-refractivity contribution is 9.10. The average molecular weight is 495 g/mol. The van der Waals surface area contributed by atoms with E-state index in [0.717, 1.165) is 54.0 Å². The number of halogens is 2. The van der Waals surface area contributed by atoms with E-state index < -0.39 is 0 Å². The topological polar surface area (TPSA) is 45.7 Å². The van der Waals surface area contributed by atoms with Crippen molar-refractivity contribution in [2.45, 2.75) is 6.42 Å². The second kappa shape index (κ2) is 9.53. The van der Waals surface area contributed by atoms with Crippen molar-refractivity contribution in [3.63, 3.8) is 0 Å². The summed E-state index contributed by atoms with van der Waals surface area (Å²) in [4.78, 5) is 22.2. The van der Waals surface area contributed by atoms with E-state index in [-0.39, 0.29) is 5.91 Å². The maximum absolute atomic E-state index is 13.4. The molecule has 0 N–H and O–H groups in total. The molecular formula is C21H21BrClN3O2S. The smallest absolute Gasteiger partial charge is 0.261 e. The van der Waals surface area contributed by atoms with E-state index in [0.29, 0.717) is 22.3 Å². The van der Waals surface area contributed by atoms with Crippen LogP contribution in [0.15, 0.2) is 46.9 Å². The summed E-state index contributed by atoms with van der Waals surface area (Å²) in [5.41, 5.74) is 1.39. The molecule has 0 saturated carbocycles. The summed E-state index contributed by atoms with van der Waals surface area (Å²) in [5, 5.41) is 1.16. The van der Waals surface area contributed by atoms with Gasteiger partial charge in [0.25, 0.3) is 5.91 Å². The zero-order valence-electron chi connectivity index (χ0n) is 15.8. The van der Waals surface area contributed by atoms with Crippen LogP contribution in [0.5, 0.6) is 0 Å². The third-order valence-electron chi connectivity index (χ3n) is 4.88. The molecule has 1 aromatic heterocycles. The van der Waals surface area contributed by atoms with Crippen LogP contribution in [-0.4, -0.2) is 55.2 Å². The average Bonchev–Trinajstić information content (AvgIpc) is 3.14. The van der Waals surface area contributed by atoms with Crippen molar-refractivity contribution in [1.82, 2.24) is 9.88 Å². The summed E-state index contributed by atoms with van der Waals surface area (Å²) in [6.07, 6.45) is 0.857. The molecule has 3 aromatic rings. The maximum Gasteiger partial charge on any atom is 0.261 e. The lowest BCUT2D eigenvalue weighted by atomic mass is 10.2. The standard InChI is InChI=1S/C21H21BrClN3O2S/c22-15-6-7-18-19(14-15)29-21(24-18)26(9-3-8-25-10-12-28-13-11-25)20(27)16-4-1-2-5-17(16)23/h1-2,4-7,14H,3,8-13H2. The van der Waals surface area contributed by atoms with Crippen LogP contribution in [0.25, 0.3) is 10.2 Å². The Labute approximate surface area is 187 Å². The van der Waals surface area contributed by atoms with Gasteiger partial charge in [-0.15, -0.1) is 0 Å². The van der Waals surface area contributed by atoms with Crippen molar-refractivity contribution < 1.29 is 9.53 Å². The number of hydrogen-bond donors (Lipinski definition) is 0. The van der Waals surface area contributed by atoms with Crippen LogP contribution in [0.4, 0.5) is 5.13 Å². The molecule has 29 heavy (non-hydrogen) atoms. The molecule has 152 valence electrons. The number of rotatable bonds is 6. The number of ether oxygens (including phenoxy) is 1. The Kier molecular flexibility index (Phi) is 6.82. The molecule has 0 spiro atoms. The zero-order chi connectivity index (χ0) is 20.2. The number of amides is 1. The first-order valence-electron chi connectivity index (χ1n) is 9.54. The predicted octanol–water partition coefficient (Wildman–Crippen LogP) is 5.08. The minimum absolute atomic E-state index is 0.115. The van der Waals surface area contributed by atoms with E-state index >= 15 is 0 Å². The Bertz CT molecular complexity index is 1010. The van der Waals surface area contributed by atoms with Gasteiger partial charge in [-0.25, -0.2) is 4.98 Å². The van der Waals surface area contributed by atoms with Crippen LogP contribution < -0.4 is 4.90 Å². The summed E-state index contributed by atoms with van der Waals surface area (Å²) in [6.45, 7) is 4.93. The molecule has 0 unspecified atom stereocenters. The molecule has 4 rings (SSSR count). The van der Waals surface area contributed by atoms with Gasteiger partial charge in [0, 0.05) is 30.7 Å². The quantitative estimate of drug-likeness (QED) is 0.479. The van der Waals surface area contributed by atoms with Gasteiger partial charge < -0.3 is 4.74 Å². The lowest BCUT2D eigenvalue weighted by molar-refractivity contribution is 0.0376. The van der Waals surface area contributed by atoms with E-state index in [4.69, 9.17) is 21.3 Å². The maximum atomic E-state index is 13.4. The molecule has 0 radical (unpaired) electrons. The molecule has 1 fully saturated rings. The summed E-state index contributed by atoms with van der Waals surface area (Å²) in [6, 6.07) is 13.1. The van der Waals surface area contributed by atoms with E-state index in [1.807, 2.05) is 30.3 Å². The number of carbonyl (C=O) groups is 1. The summed E-state index contributed by atoms with van der Waals surface area (Å²) in [5.74, 6) is -0.115. The third kappa shape index (κ3) is 4.98. The van der Waals surface area contributed by atoms with Crippen molar-refractivity contribution in [3.05, 3.63) is 57.5 Å². The van der Waals surface area contributed by atoms with Crippen LogP contribution in [0.1, 0.15) is 16.8 Å². The van der Waals surface area contributed by atoms with E-state index in [9.17, 15) is 4.79 Å². The van der Waals surface area contributed by atoms with Gasteiger partial charge in [-0.05, 0) is 36.8 Å². The van der Waals surface area contributed by atoms with Gasteiger partial charge in [0.05, 0.1) is 34.0 Å². The van der Waals surface area contributed by atoms with Gasteiger partial charge in [0.2, 0.25) is 0 Å². The number of hydrogen-bond acceptors (Lipinski definition) is 5. The van der Waals surface area contributed by atoms with Crippen LogP contribution >= 0.6 is 38.9 Å². The van der Waals surface area contributed by atoms with Crippen molar-refractivity contribution in [1.29, 1.82) is 0 Å². The fourth-order valence-electron chi connectivity index (χ4n) is 3.34. The fourth-order valence-corrected chi connectivity index (χ4v) is 5.10. The summed E-state index contributed by atoms with van der Waals surface area (Å²) < 4.78 is 7.45. The highest BCUT2D eigenvalue weighted by Crippen LogP contribution is 2.32. The monoisotopic (exact) mass is 493 g/mol. The molecule has 0 aliphatic carbocycles. The highest BCUT2D eigenvalue weighted by atomic mass is 79.9. The Balaban J connectivity index is 1.58. The van der Waals surface area contributed by atoms with Crippen molar-refractivity contribution in [2.75, 3.05) is 44.3 Å². The molecule has 8 heteroatoms. The van der Waals surface area contributed by atoms with Gasteiger partial charge >= 0.3 is 0 Å². The minimum atomic E-state index is -0.115. The summed E-state index contributed by atoms with van der Waals surface area (Å²) in [7, 11) is 0. The second-order valence-electron chi connectivity index (χ2n) is 6.85. The number of thiazole rings is 1. The van der Waals surface area contributed by atoms with Crippen molar-refractivity contribution in [2.24, 2.45) is 0 Å². The predicted molar refractivity (Wildman–Crippen MR) is 122 cm³/mol. The number of aromatic nitrogens is 1. The first-order chi connectivity index (χ1) is 14.1. The Hall–Kier alpha value is -1.51. The van der Waals surface area contributed by atoms with Crippen LogP contribution in [-0.2, 0) is 4.74 Å². The Morgan fingerprint density at radius 3 is 2.83 bits per heavy atom. The number of fused-ring (bicyclic) bond motifs is 1. The van der Waals surface area contributed by atoms with Crippen molar-refractivity contribution in [3.8, 4) is 0 Å². The number of anilines is 1. The van der Waals surface area contributed by atoms with E-state index in [1.54, 1.807) is 17.0 Å². The lowest BCUT2D eigenvalue weighted by Gasteiger charge is -2.27. The second-order valence-corrected chi connectivity index (χ2v) is 9.18. The number of carbonyl (C=O) groups excluding carboxylic acids is 1. The summed E-state index contributed by atoms with van der Waals surface area (Å²) >= 11 is 11.3. The fraction of sp³-hybridized carbons (Fsp3) is 0.333. The normalized spacial score (nSPS) is 15.0. The highest BCUT2D eigenvalue weighted by Gasteiger charge is 2.23. The van der Waals surface area contributed by atoms with Crippen LogP contribution in [0.2, 0.25) is 5.02 Å². The largest absolute Gasteiger partial charge is 0.379 e. The Morgan fingerprint density at radius 2 is 2.03 bits per heavy atom. The van der Waals surface area contributed by atoms with Gasteiger partial charge in [-0.1, -0.05) is 51.0 Å². The van der Waals surface area contributed by atoms with Gasteiger partial charge in [0.1, 0.15) is 0 Å². The van der Waals surface area contributed by atoms with Gasteiger partial charge in [-0.3, -0.25) is 14.6 Å². The zero-order valence-corrected chi connectivity index (χ0v) is 19.0. The van der Waals surface area contributed by atoms with Gasteiger partial charge in [-0.2, -0.15) is 0 Å². The molecule has 1 aliphatic heterocycles. The van der Waals surface area contributed by atoms with Crippen LogP contribution in [0.3, 0.4) is 0 Å². The number of morpholine rings is 1. The van der Waals surface area contributed by atoms with Crippen LogP contribution in [0, 0.1) is 0 Å². The molecule has 2 aromatic carbocycles. The molecular weight excluding hydrogens is 474 g/mol. The Morgan fingerprint density at radius 1 is 1.24 bits per heavy atom. The number of nitrogens with zero attached hydrogens (tertiary/aromatic N) is 3. The molecule has 1 amide bonds. The lowest BCUT2D eigenvalue weighted by Crippen LogP contribution is -2.39. The molecule has 0 atom stereocenters. The number of benzene rings is 2. The van der Waals surface area contributed by atoms with E-state index in [2.05, 4.69) is 20.8 Å². The van der Waals surface area contributed by atoms with Crippen molar-refractivity contribution >= 4 is 60.1 Å². The molecule has 2 heterocycles. The molecule has 0 bridgehead atoms. The first-order valence-corrected chi connectivity index (χ1v) is 11.5. The van der Waals surface area contributed by atoms with Gasteiger partial charge in [0.15, 0.2) is 5.13 Å². The minimum Gasteiger partial charge on any atom is -0.379 e. The SMILES string of the molecule is O=C(c1ccccc1Cl)N(CCCN1CCOCC1)c1nc2ccc(Br)cc2s1.